The molecule has 0 radical (unpaired) electrons. The van der Waals surface area contributed by atoms with E-state index in [0.717, 1.165) is 0 Å². The number of nitrogens with one attached hydrogen (secondary N) is 1. The molecule has 0 aliphatic heterocycles. The molecule has 0 saturated heterocycles. The Hall–Kier alpha value is -1.99. The third-order valence-corrected chi connectivity index (χ3v) is 2.02. The highest BCUT2D eigenvalue weighted by Gasteiger charge is 2.10. The van der Waals surface area contributed by atoms with Gasteiger partial charge >= 0.3 is 12.1 Å². The van der Waals surface area contributed by atoms with E-state index in [-0.39, 0.29) is 13.2 Å². The number of ether oxygens (including phenoxy) is 1. The molecule has 18 heavy (non-hydrogen) atoms. The molecule has 0 fully saturated rings. The molecule has 0 aliphatic rings. The standard InChI is InChI=1S/C9H17N5O4/c10-7(8(15)16)3-1-2-4-12-9(17)18-6-5-13-14-11/h7H,1-6,10H2,(H,12,17)(H,15,16). The normalized spacial score (nSPS) is 11.2. The van der Waals surface area contributed by atoms with Gasteiger partial charge in [-0.1, -0.05) is 5.11 Å². The van der Waals surface area contributed by atoms with E-state index in [1.54, 1.807) is 0 Å². The van der Waals surface area contributed by atoms with E-state index in [2.05, 4.69) is 20.1 Å². The Balaban J connectivity index is 3.40. The molecule has 1 amide bonds. The van der Waals surface area contributed by atoms with E-state index in [9.17, 15) is 9.59 Å². The van der Waals surface area contributed by atoms with Crippen molar-refractivity contribution in [1.82, 2.24) is 5.32 Å². The summed E-state index contributed by atoms with van der Waals surface area (Å²) in [4.78, 5) is 23.9. The topological polar surface area (TPSA) is 150 Å². The Kier molecular flexibility index (Phi) is 9.06. The number of hydrogen-bond acceptors (Lipinski definition) is 5. The van der Waals surface area contributed by atoms with Crippen molar-refractivity contribution in [3.8, 4) is 0 Å². The zero-order chi connectivity index (χ0) is 13.8. The Morgan fingerprint density at radius 2 is 2.22 bits per heavy atom. The van der Waals surface area contributed by atoms with Crippen LogP contribution in [0.3, 0.4) is 0 Å². The monoisotopic (exact) mass is 259 g/mol. The fraction of sp³-hybridized carbons (Fsp3) is 0.778. The number of nitrogens with two attached hydrogens (primary N) is 1. The van der Waals surface area contributed by atoms with Crippen molar-refractivity contribution in [2.24, 2.45) is 10.8 Å². The molecule has 0 bridgehead atoms. The van der Waals surface area contributed by atoms with Crippen LogP contribution in [0.2, 0.25) is 0 Å². The van der Waals surface area contributed by atoms with Gasteiger partial charge in [-0.25, -0.2) is 4.79 Å². The van der Waals surface area contributed by atoms with Crippen LogP contribution in [0.1, 0.15) is 19.3 Å². The summed E-state index contributed by atoms with van der Waals surface area (Å²) in [6.07, 6.45) is 0.993. The molecular formula is C9H17N5O4. The Bertz CT molecular complexity index is 316. The molecule has 0 aromatic carbocycles. The van der Waals surface area contributed by atoms with Crippen molar-refractivity contribution in [2.75, 3.05) is 19.7 Å². The van der Waals surface area contributed by atoms with Crippen molar-refractivity contribution < 1.29 is 19.4 Å². The molecule has 0 spiro atoms. The molecule has 0 rings (SSSR count). The quantitative estimate of drug-likeness (QED) is 0.240. The second-order valence-electron chi connectivity index (χ2n) is 3.46. The van der Waals surface area contributed by atoms with E-state index in [1.165, 1.54) is 0 Å². The number of hydrogen-bond donors (Lipinski definition) is 3. The molecule has 4 N–H and O–H groups in total. The molecule has 102 valence electrons. The van der Waals surface area contributed by atoms with Gasteiger partial charge < -0.3 is 20.9 Å². The van der Waals surface area contributed by atoms with E-state index < -0.39 is 18.1 Å². The number of aliphatic carboxylic acids is 1. The first-order valence-corrected chi connectivity index (χ1v) is 5.47. The van der Waals surface area contributed by atoms with Crippen molar-refractivity contribution in [2.45, 2.75) is 25.3 Å². The van der Waals surface area contributed by atoms with Crippen LogP contribution in [0.15, 0.2) is 5.11 Å². The van der Waals surface area contributed by atoms with Crippen LogP contribution in [0.4, 0.5) is 4.79 Å². The number of rotatable bonds is 9. The number of unbranched alkanes of at least 4 members (excludes halogenated alkanes) is 1. The molecular weight excluding hydrogens is 242 g/mol. The number of alkyl carbamates (subject to hydrolysis) is 1. The average Bonchev–Trinajstić information content (AvgIpc) is 2.33. The molecule has 0 aromatic rings. The third kappa shape index (κ3) is 9.25. The molecule has 9 nitrogen and oxygen atoms in total. The second-order valence-corrected chi connectivity index (χ2v) is 3.46. The smallest absolute Gasteiger partial charge is 0.407 e. The van der Waals surface area contributed by atoms with Gasteiger partial charge in [0.15, 0.2) is 0 Å². The van der Waals surface area contributed by atoms with Gasteiger partial charge in [0, 0.05) is 11.5 Å². The first-order valence-electron chi connectivity index (χ1n) is 5.47. The highest BCUT2D eigenvalue weighted by Crippen LogP contribution is 1.98. The lowest BCUT2D eigenvalue weighted by Gasteiger charge is -2.07. The summed E-state index contributed by atoms with van der Waals surface area (Å²) in [7, 11) is 0. The summed E-state index contributed by atoms with van der Waals surface area (Å²) in [5, 5.41) is 14.2. The van der Waals surface area contributed by atoms with Gasteiger partial charge in [0.2, 0.25) is 0 Å². The fourth-order valence-electron chi connectivity index (χ4n) is 1.08. The second kappa shape index (κ2) is 10.2. The van der Waals surface area contributed by atoms with Gasteiger partial charge in [0.05, 0.1) is 13.2 Å². The van der Waals surface area contributed by atoms with Gasteiger partial charge in [-0.05, 0) is 24.8 Å². The number of carboxylic acids is 1. The third-order valence-electron chi connectivity index (χ3n) is 2.02. The SMILES string of the molecule is [N-]=[N+]=NCCOC(=O)NCCCCC(N)C(=O)O. The first kappa shape index (κ1) is 16.0. The average molecular weight is 259 g/mol. The van der Waals surface area contributed by atoms with Gasteiger partial charge in [-0.2, -0.15) is 0 Å². The van der Waals surface area contributed by atoms with Gasteiger partial charge in [-0.3, -0.25) is 4.79 Å². The molecule has 0 aromatic heterocycles. The van der Waals surface area contributed by atoms with E-state index in [4.69, 9.17) is 16.4 Å². The van der Waals surface area contributed by atoms with Crippen molar-refractivity contribution in [1.29, 1.82) is 0 Å². The Labute approximate surface area is 104 Å². The van der Waals surface area contributed by atoms with Crippen LogP contribution >= 0.6 is 0 Å². The first-order chi connectivity index (χ1) is 8.57. The van der Waals surface area contributed by atoms with Crippen LogP contribution in [0.5, 0.6) is 0 Å². The minimum atomic E-state index is -1.03. The highest BCUT2D eigenvalue weighted by atomic mass is 16.5. The van der Waals surface area contributed by atoms with Gasteiger partial charge in [0.1, 0.15) is 6.04 Å². The van der Waals surface area contributed by atoms with E-state index in [0.29, 0.717) is 25.8 Å². The fourth-order valence-corrected chi connectivity index (χ4v) is 1.08. The lowest BCUT2D eigenvalue weighted by Crippen LogP contribution is -2.30. The van der Waals surface area contributed by atoms with Crippen molar-refractivity contribution in [3.63, 3.8) is 0 Å². The molecule has 0 aliphatic carbocycles. The van der Waals surface area contributed by atoms with Gasteiger partial charge in [-0.15, -0.1) is 0 Å². The summed E-state index contributed by atoms with van der Waals surface area (Å²) in [5.74, 6) is -1.03. The van der Waals surface area contributed by atoms with Gasteiger partial charge in [0.25, 0.3) is 0 Å². The van der Waals surface area contributed by atoms with Crippen molar-refractivity contribution >= 4 is 12.1 Å². The summed E-state index contributed by atoms with van der Waals surface area (Å²) in [5.41, 5.74) is 13.3. The Morgan fingerprint density at radius 3 is 2.83 bits per heavy atom. The molecule has 9 heteroatoms. The maximum absolute atomic E-state index is 11.0. The number of carboxylic acid groups (broad SMARTS) is 1. The van der Waals surface area contributed by atoms with E-state index in [1.807, 2.05) is 0 Å². The molecule has 1 unspecified atom stereocenters. The zero-order valence-electron chi connectivity index (χ0n) is 9.91. The van der Waals surface area contributed by atoms with Crippen LogP contribution in [0, 0.1) is 0 Å². The molecule has 0 saturated carbocycles. The summed E-state index contributed by atoms with van der Waals surface area (Å²) in [6, 6.07) is -0.860. The van der Waals surface area contributed by atoms with Crippen LogP contribution in [-0.2, 0) is 9.53 Å². The number of azide groups is 1. The predicted molar refractivity (Wildman–Crippen MR) is 62.8 cm³/mol. The lowest BCUT2D eigenvalue weighted by molar-refractivity contribution is -0.138. The van der Waals surface area contributed by atoms with Crippen LogP contribution < -0.4 is 11.1 Å². The predicted octanol–water partition coefficient (Wildman–Crippen LogP) is 0.605. The summed E-state index contributed by atoms with van der Waals surface area (Å²) in [6.45, 7) is 0.504. The molecule has 1 atom stereocenters. The highest BCUT2D eigenvalue weighted by molar-refractivity contribution is 5.72. The maximum Gasteiger partial charge on any atom is 0.407 e. The lowest BCUT2D eigenvalue weighted by atomic mass is 10.1. The minimum absolute atomic E-state index is 0.0276. The largest absolute Gasteiger partial charge is 0.480 e. The number of carbonyl (C=O) groups is 2. The number of nitrogens with zero attached hydrogens (tertiary/aromatic N) is 3. The summed E-state index contributed by atoms with van der Waals surface area (Å²) < 4.78 is 4.68. The zero-order valence-corrected chi connectivity index (χ0v) is 9.91. The Morgan fingerprint density at radius 1 is 1.50 bits per heavy atom. The summed E-state index contributed by atoms with van der Waals surface area (Å²) >= 11 is 0. The van der Waals surface area contributed by atoms with Crippen LogP contribution in [-0.4, -0.2) is 42.9 Å². The molecule has 0 heterocycles. The van der Waals surface area contributed by atoms with Crippen LogP contribution in [0.25, 0.3) is 10.4 Å². The minimum Gasteiger partial charge on any atom is -0.480 e. The van der Waals surface area contributed by atoms with Crippen molar-refractivity contribution in [3.05, 3.63) is 10.4 Å². The number of carbonyl (C=O) groups excluding carboxylic acids is 1. The maximum atomic E-state index is 11.0. The van der Waals surface area contributed by atoms with E-state index >= 15 is 0 Å². The number of amides is 1.